The third-order valence-corrected chi connectivity index (χ3v) is 13.6. The van der Waals surface area contributed by atoms with Crippen molar-refractivity contribution in [2.75, 3.05) is 0 Å². The maximum Gasteiger partial charge on any atom is 0.102 e. The average Bonchev–Trinajstić information content (AvgIpc) is 4.06. The fourth-order valence-corrected chi connectivity index (χ4v) is 11.3. The number of aromatic nitrogens is 2. The van der Waals surface area contributed by atoms with E-state index in [-0.39, 0.29) is 11.8 Å². The molecule has 0 atom stereocenters. The zero-order valence-electron chi connectivity index (χ0n) is 33.4. The summed E-state index contributed by atoms with van der Waals surface area (Å²) in [6, 6.07) is 74.3. The van der Waals surface area contributed by atoms with Crippen LogP contribution in [0.15, 0.2) is 194 Å². The van der Waals surface area contributed by atoms with Crippen LogP contribution in [0.5, 0.6) is 0 Å². The van der Waals surface area contributed by atoms with Crippen molar-refractivity contribution in [2.24, 2.45) is 0 Å². The molecule has 0 bridgehead atoms. The summed E-state index contributed by atoms with van der Waals surface area (Å²) >= 11 is 0. The highest BCUT2D eigenvalue weighted by atomic mass is 15.0. The Balaban J connectivity index is 1.34. The highest BCUT2D eigenvalue weighted by Crippen LogP contribution is 2.57. The maximum absolute atomic E-state index is 12.2. The van der Waals surface area contributed by atoms with Gasteiger partial charge in [0.1, 0.15) is 12.1 Å². The fraction of sp³-hybridized carbons (Fsp3) is 0.0345. The predicted octanol–water partition coefficient (Wildman–Crippen LogP) is 13.9. The van der Waals surface area contributed by atoms with E-state index in [1.165, 1.54) is 0 Å². The van der Waals surface area contributed by atoms with Gasteiger partial charge in [-0.2, -0.15) is 10.5 Å². The lowest BCUT2D eigenvalue weighted by atomic mass is 9.76. The van der Waals surface area contributed by atoms with Gasteiger partial charge in [-0.1, -0.05) is 170 Å². The molecule has 11 aromatic rings. The molecule has 0 aliphatic heterocycles. The SMILES string of the molecule is N#Cc1c(C2c3ccccc3-c3ccccc32)c(-n2c3ccccc3c3ccccc32)c(C2c3ccccc3-c3ccccc32)c(C#N)c1-n1c2ccccc2c2ccccc21. The second-order valence-electron chi connectivity index (χ2n) is 16.5. The van der Waals surface area contributed by atoms with Gasteiger partial charge in [0.2, 0.25) is 0 Å². The molecule has 0 saturated carbocycles. The number of benzene rings is 9. The molecule has 2 aliphatic carbocycles. The molecule has 0 spiro atoms. The van der Waals surface area contributed by atoms with Gasteiger partial charge < -0.3 is 9.13 Å². The highest BCUT2D eigenvalue weighted by Gasteiger charge is 2.42. The van der Waals surface area contributed by atoms with Crippen LogP contribution in [0.3, 0.4) is 0 Å². The average molecular weight is 787 g/mol. The third kappa shape index (κ3) is 4.48. The Labute approximate surface area is 358 Å². The zero-order chi connectivity index (χ0) is 41.1. The normalized spacial score (nSPS) is 13.0. The first-order valence-electron chi connectivity index (χ1n) is 21.1. The van der Waals surface area contributed by atoms with Gasteiger partial charge in [-0.05, 0) is 68.8 Å². The van der Waals surface area contributed by atoms with E-state index in [0.717, 1.165) is 105 Å². The molecule has 0 unspecified atom stereocenters. The Hall–Kier alpha value is -8.44. The molecule has 2 heterocycles. The molecule has 4 heteroatoms. The first kappa shape index (κ1) is 34.4. The molecular weight excluding hydrogens is 753 g/mol. The molecule has 0 saturated heterocycles. The van der Waals surface area contributed by atoms with Crippen LogP contribution < -0.4 is 0 Å². The van der Waals surface area contributed by atoms with E-state index in [2.05, 4.69) is 215 Å². The van der Waals surface area contributed by atoms with E-state index in [9.17, 15) is 10.5 Å². The molecule has 2 aliphatic rings. The van der Waals surface area contributed by atoms with E-state index in [0.29, 0.717) is 16.8 Å². The van der Waals surface area contributed by atoms with Gasteiger partial charge in [0.25, 0.3) is 0 Å². The second-order valence-corrected chi connectivity index (χ2v) is 16.5. The molecule has 4 nitrogen and oxygen atoms in total. The summed E-state index contributed by atoms with van der Waals surface area (Å²) in [6.07, 6.45) is 0. The number of rotatable bonds is 4. The summed E-state index contributed by atoms with van der Waals surface area (Å²) in [5, 5.41) is 28.7. The van der Waals surface area contributed by atoms with Gasteiger partial charge in [0.15, 0.2) is 0 Å². The highest BCUT2D eigenvalue weighted by molar-refractivity contribution is 6.11. The third-order valence-electron chi connectivity index (χ3n) is 13.6. The molecule has 62 heavy (non-hydrogen) atoms. The van der Waals surface area contributed by atoms with Gasteiger partial charge in [-0.15, -0.1) is 0 Å². The molecular formula is C58H34N4. The molecule has 286 valence electrons. The van der Waals surface area contributed by atoms with Crippen molar-refractivity contribution < 1.29 is 0 Å². The largest absolute Gasteiger partial charge is 0.309 e. The number of fused-ring (bicyclic) bond motifs is 12. The van der Waals surface area contributed by atoms with Crippen LogP contribution in [0.4, 0.5) is 0 Å². The fourth-order valence-electron chi connectivity index (χ4n) is 11.3. The minimum Gasteiger partial charge on any atom is -0.309 e. The quantitative estimate of drug-likeness (QED) is 0.178. The second kappa shape index (κ2) is 13.0. The van der Waals surface area contributed by atoms with E-state index < -0.39 is 0 Å². The molecule has 0 amide bonds. The van der Waals surface area contributed by atoms with Crippen LogP contribution in [0.2, 0.25) is 0 Å². The van der Waals surface area contributed by atoms with Crippen molar-refractivity contribution in [2.45, 2.75) is 11.8 Å². The molecule has 2 aromatic heterocycles. The maximum atomic E-state index is 12.2. The number of hydrogen-bond acceptors (Lipinski definition) is 2. The van der Waals surface area contributed by atoms with Crippen molar-refractivity contribution in [1.29, 1.82) is 10.5 Å². The summed E-state index contributed by atoms with van der Waals surface area (Å²) in [4.78, 5) is 0. The topological polar surface area (TPSA) is 57.4 Å². The van der Waals surface area contributed by atoms with Crippen LogP contribution in [-0.2, 0) is 0 Å². The summed E-state index contributed by atoms with van der Waals surface area (Å²) in [7, 11) is 0. The number of para-hydroxylation sites is 4. The van der Waals surface area contributed by atoms with E-state index >= 15 is 0 Å². The lowest BCUT2D eigenvalue weighted by Crippen LogP contribution is -2.19. The molecule has 0 radical (unpaired) electrons. The summed E-state index contributed by atoms with van der Waals surface area (Å²) in [5.41, 5.74) is 17.4. The zero-order valence-corrected chi connectivity index (χ0v) is 33.4. The molecule has 9 aromatic carbocycles. The van der Waals surface area contributed by atoms with Crippen LogP contribution in [0, 0.1) is 22.7 Å². The summed E-state index contributed by atoms with van der Waals surface area (Å²) in [6.45, 7) is 0. The Morgan fingerprint density at radius 1 is 0.306 bits per heavy atom. The Morgan fingerprint density at radius 2 is 0.565 bits per heavy atom. The van der Waals surface area contributed by atoms with Gasteiger partial charge in [0.05, 0.1) is 44.6 Å². The van der Waals surface area contributed by atoms with E-state index in [1.54, 1.807) is 0 Å². The lowest BCUT2D eigenvalue weighted by molar-refractivity contribution is 0.914. The minimum absolute atomic E-state index is 0.336. The van der Waals surface area contributed by atoms with Crippen LogP contribution >= 0.6 is 0 Å². The van der Waals surface area contributed by atoms with Gasteiger partial charge >= 0.3 is 0 Å². The van der Waals surface area contributed by atoms with Crippen LogP contribution in [0.1, 0.15) is 56.3 Å². The van der Waals surface area contributed by atoms with Crippen molar-refractivity contribution in [3.8, 4) is 45.8 Å². The van der Waals surface area contributed by atoms with Crippen molar-refractivity contribution in [3.63, 3.8) is 0 Å². The van der Waals surface area contributed by atoms with Crippen LogP contribution in [-0.4, -0.2) is 9.13 Å². The number of nitriles is 2. The van der Waals surface area contributed by atoms with Crippen molar-refractivity contribution in [3.05, 3.63) is 239 Å². The predicted molar refractivity (Wildman–Crippen MR) is 250 cm³/mol. The van der Waals surface area contributed by atoms with Gasteiger partial charge in [-0.25, -0.2) is 0 Å². The van der Waals surface area contributed by atoms with E-state index in [1.807, 2.05) is 0 Å². The molecule has 13 rings (SSSR count). The van der Waals surface area contributed by atoms with E-state index in [4.69, 9.17) is 0 Å². The Morgan fingerprint density at radius 3 is 0.871 bits per heavy atom. The summed E-state index contributed by atoms with van der Waals surface area (Å²) < 4.78 is 4.60. The Bertz CT molecular complexity index is 3480. The standard InChI is InChI=1S/C58H34N4/c59-33-47-55(53-43-25-5-1-17-35(43)36-18-2-6-26-44(36)53)58(62-51-31-15-11-23-41(51)42-24-12-16-32-52(42)62)56(54-45-27-7-3-19-37(45)38-20-4-8-28-46(38)54)48(34-60)57(47)61-49-29-13-9-21-39(49)40-22-10-14-30-50(40)61/h1-32,53-54H. The van der Waals surface area contributed by atoms with Crippen molar-refractivity contribution in [1.82, 2.24) is 9.13 Å². The Kier molecular flexibility index (Phi) is 7.23. The summed E-state index contributed by atoms with van der Waals surface area (Å²) in [5.74, 6) is -0.672. The molecule has 0 N–H and O–H groups in total. The van der Waals surface area contributed by atoms with Gasteiger partial charge in [0, 0.05) is 44.5 Å². The minimum atomic E-state index is -0.336. The molecule has 0 fully saturated rings. The first-order chi connectivity index (χ1) is 30.8. The smallest absolute Gasteiger partial charge is 0.102 e. The number of nitrogens with zero attached hydrogens (tertiary/aromatic N) is 4. The monoisotopic (exact) mass is 786 g/mol. The first-order valence-corrected chi connectivity index (χ1v) is 21.1. The number of hydrogen-bond donors (Lipinski definition) is 0. The lowest BCUT2D eigenvalue weighted by Gasteiger charge is -2.31. The van der Waals surface area contributed by atoms with Gasteiger partial charge in [-0.3, -0.25) is 0 Å². The van der Waals surface area contributed by atoms with Crippen LogP contribution in [0.25, 0.3) is 77.2 Å². The van der Waals surface area contributed by atoms with Crippen molar-refractivity contribution >= 4 is 43.6 Å².